The summed E-state index contributed by atoms with van der Waals surface area (Å²) < 4.78 is 11.1. The predicted octanol–water partition coefficient (Wildman–Crippen LogP) is 3.53. The van der Waals surface area contributed by atoms with Crippen molar-refractivity contribution in [2.75, 3.05) is 26.1 Å². The molecule has 0 unspecified atom stereocenters. The van der Waals surface area contributed by atoms with Crippen molar-refractivity contribution < 1.29 is 9.15 Å². The number of hydrogen-bond donors (Lipinski definition) is 0. The summed E-state index contributed by atoms with van der Waals surface area (Å²) in [5.74, 6) is 1.26. The summed E-state index contributed by atoms with van der Waals surface area (Å²) in [4.78, 5) is 14.3. The number of anilines is 1. The molecule has 0 radical (unpaired) electrons. The highest BCUT2D eigenvalue weighted by atomic mass is 16.5. The molecule has 0 aliphatic rings. The minimum Gasteiger partial charge on any atom is -0.497 e. The zero-order valence-electron chi connectivity index (χ0n) is 12.8. The molecule has 0 aliphatic carbocycles. The quantitative estimate of drug-likeness (QED) is 0.741. The maximum Gasteiger partial charge on any atom is 0.193 e. The highest BCUT2D eigenvalue weighted by Gasteiger charge is 2.09. The highest BCUT2D eigenvalue weighted by molar-refractivity contribution is 5.82. The second-order valence-electron chi connectivity index (χ2n) is 5.28. The Morgan fingerprint density at radius 3 is 2.59 bits per heavy atom. The molecule has 0 bridgehead atoms. The Hall–Kier alpha value is -2.75. The van der Waals surface area contributed by atoms with Crippen molar-refractivity contribution in [3.05, 3.63) is 58.8 Å². The summed E-state index contributed by atoms with van der Waals surface area (Å²) in [5, 5.41) is 0.581. The first-order chi connectivity index (χ1) is 10.6. The van der Waals surface area contributed by atoms with Gasteiger partial charge in [-0.15, -0.1) is 0 Å². The minimum absolute atomic E-state index is 0.0530. The second-order valence-corrected chi connectivity index (χ2v) is 5.28. The first kappa shape index (κ1) is 14.2. The van der Waals surface area contributed by atoms with E-state index in [4.69, 9.17) is 9.15 Å². The van der Waals surface area contributed by atoms with Gasteiger partial charge in [-0.1, -0.05) is 12.1 Å². The minimum atomic E-state index is -0.0530. The number of hydrogen-bond acceptors (Lipinski definition) is 4. The molecule has 0 aliphatic heterocycles. The summed E-state index contributed by atoms with van der Waals surface area (Å²) in [6.45, 7) is 0. The number of fused-ring (bicyclic) bond motifs is 1. The largest absolute Gasteiger partial charge is 0.497 e. The molecule has 0 atom stereocenters. The van der Waals surface area contributed by atoms with E-state index >= 15 is 0 Å². The van der Waals surface area contributed by atoms with Gasteiger partial charge >= 0.3 is 0 Å². The van der Waals surface area contributed by atoms with Gasteiger partial charge in [0.1, 0.15) is 17.1 Å². The lowest BCUT2D eigenvalue weighted by atomic mass is 10.1. The fourth-order valence-electron chi connectivity index (χ4n) is 2.34. The lowest BCUT2D eigenvalue weighted by Gasteiger charge is -2.12. The van der Waals surface area contributed by atoms with Crippen molar-refractivity contribution in [1.82, 2.24) is 0 Å². The van der Waals surface area contributed by atoms with E-state index in [9.17, 15) is 4.79 Å². The molecular formula is C18H17NO3. The van der Waals surface area contributed by atoms with E-state index in [1.54, 1.807) is 7.11 Å². The van der Waals surface area contributed by atoms with Crippen LogP contribution in [0.2, 0.25) is 0 Å². The lowest BCUT2D eigenvalue weighted by molar-refractivity contribution is 0.415. The Morgan fingerprint density at radius 2 is 1.86 bits per heavy atom. The zero-order valence-corrected chi connectivity index (χ0v) is 12.8. The van der Waals surface area contributed by atoms with Crippen molar-refractivity contribution in [3.63, 3.8) is 0 Å². The smallest absolute Gasteiger partial charge is 0.193 e. The van der Waals surface area contributed by atoms with E-state index in [1.165, 1.54) is 6.07 Å². The monoisotopic (exact) mass is 295 g/mol. The van der Waals surface area contributed by atoms with Gasteiger partial charge in [-0.2, -0.15) is 0 Å². The van der Waals surface area contributed by atoms with Crippen LogP contribution in [0.25, 0.3) is 22.3 Å². The first-order valence-electron chi connectivity index (χ1n) is 6.98. The molecule has 1 aromatic heterocycles. The van der Waals surface area contributed by atoms with Crippen LogP contribution in [-0.2, 0) is 0 Å². The average Bonchev–Trinajstić information content (AvgIpc) is 2.54. The van der Waals surface area contributed by atoms with Crippen molar-refractivity contribution in [3.8, 4) is 17.1 Å². The molecule has 22 heavy (non-hydrogen) atoms. The normalized spacial score (nSPS) is 10.7. The topological polar surface area (TPSA) is 42.7 Å². The predicted molar refractivity (Wildman–Crippen MR) is 88.8 cm³/mol. The van der Waals surface area contributed by atoms with Gasteiger partial charge in [-0.05, 0) is 30.3 Å². The maximum absolute atomic E-state index is 12.4. The molecule has 0 spiro atoms. The van der Waals surface area contributed by atoms with E-state index in [1.807, 2.05) is 61.5 Å². The number of benzene rings is 2. The van der Waals surface area contributed by atoms with Crippen LogP contribution in [0, 0.1) is 0 Å². The van der Waals surface area contributed by atoms with Gasteiger partial charge in [0.2, 0.25) is 0 Å². The van der Waals surface area contributed by atoms with Gasteiger partial charge in [-0.3, -0.25) is 4.79 Å². The third-order valence-corrected chi connectivity index (χ3v) is 3.58. The SMILES string of the molecule is COc1cccc(-c2cc(=O)c3cc(N(C)C)ccc3o2)c1. The van der Waals surface area contributed by atoms with E-state index in [-0.39, 0.29) is 5.43 Å². The zero-order chi connectivity index (χ0) is 15.7. The molecule has 3 aromatic rings. The van der Waals surface area contributed by atoms with Crippen molar-refractivity contribution >= 4 is 16.7 Å². The van der Waals surface area contributed by atoms with Crippen LogP contribution in [-0.4, -0.2) is 21.2 Å². The Balaban J connectivity index is 2.17. The third kappa shape index (κ3) is 2.55. The van der Waals surface area contributed by atoms with Crippen LogP contribution in [0.1, 0.15) is 0 Å². The van der Waals surface area contributed by atoms with Gasteiger partial charge < -0.3 is 14.1 Å². The molecule has 0 saturated carbocycles. The summed E-state index contributed by atoms with van der Waals surface area (Å²) in [7, 11) is 5.49. The fraction of sp³-hybridized carbons (Fsp3) is 0.167. The van der Waals surface area contributed by atoms with Crippen LogP contribution in [0.4, 0.5) is 5.69 Å². The molecule has 3 rings (SSSR count). The van der Waals surface area contributed by atoms with Crippen molar-refractivity contribution in [1.29, 1.82) is 0 Å². The van der Waals surface area contributed by atoms with Crippen LogP contribution in [0.5, 0.6) is 5.75 Å². The summed E-state index contributed by atoms with van der Waals surface area (Å²) in [6.07, 6.45) is 0. The maximum atomic E-state index is 12.4. The van der Waals surface area contributed by atoms with Gasteiger partial charge in [0.25, 0.3) is 0 Å². The second kappa shape index (κ2) is 5.56. The summed E-state index contributed by atoms with van der Waals surface area (Å²) in [6, 6.07) is 14.6. The Kier molecular flexibility index (Phi) is 3.59. The van der Waals surface area contributed by atoms with Gasteiger partial charge in [-0.25, -0.2) is 0 Å². The molecule has 2 aromatic carbocycles. The molecule has 112 valence electrons. The van der Waals surface area contributed by atoms with Crippen LogP contribution in [0.15, 0.2) is 57.7 Å². The molecule has 0 N–H and O–H groups in total. The molecule has 4 heteroatoms. The number of methoxy groups -OCH3 is 1. The number of rotatable bonds is 3. The lowest BCUT2D eigenvalue weighted by Crippen LogP contribution is -2.09. The van der Waals surface area contributed by atoms with Gasteiger partial charge in [0.15, 0.2) is 5.43 Å². The standard InChI is InChI=1S/C18H17NO3/c1-19(2)13-7-8-17-15(10-13)16(20)11-18(22-17)12-5-4-6-14(9-12)21-3/h4-11H,1-3H3. The molecule has 0 fully saturated rings. The van der Waals surface area contributed by atoms with Crippen LogP contribution in [0.3, 0.4) is 0 Å². The fourth-order valence-corrected chi connectivity index (χ4v) is 2.34. The summed E-state index contributed by atoms with van der Waals surface area (Å²) in [5.41, 5.74) is 2.31. The molecule has 0 saturated heterocycles. The van der Waals surface area contributed by atoms with Crippen LogP contribution >= 0.6 is 0 Å². The molecule has 1 heterocycles. The van der Waals surface area contributed by atoms with E-state index in [0.29, 0.717) is 16.7 Å². The van der Waals surface area contributed by atoms with E-state index < -0.39 is 0 Å². The molecule has 0 amide bonds. The van der Waals surface area contributed by atoms with E-state index in [0.717, 1.165) is 17.0 Å². The third-order valence-electron chi connectivity index (χ3n) is 3.58. The Bertz CT molecular complexity index is 881. The van der Waals surface area contributed by atoms with Crippen molar-refractivity contribution in [2.45, 2.75) is 0 Å². The van der Waals surface area contributed by atoms with Crippen molar-refractivity contribution in [2.24, 2.45) is 0 Å². The Labute approximate surface area is 128 Å². The average molecular weight is 295 g/mol. The number of nitrogens with zero attached hydrogens (tertiary/aromatic N) is 1. The van der Waals surface area contributed by atoms with Gasteiger partial charge in [0, 0.05) is 31.4 Å². The Morgan fingerprint density at radius 1 is 1.05 bits per heavy atom. The number of ether oxygens (including phenoxy) is 1. The van der Waals surface area contributed by atoms with E-state index in [2.05, 4.69) is 0 Å². The highest BCUT2D eigenvalue weighted by Crippen LogP contribution is 2.26. The molecular weight excluding hydrogens is 278 g/mol. The summed E-state index contributed by atoms with van der Waals surface area (Å²) >= 11 is 0. The van der Waals surface area contributed by atoms with Crippen LogP contribution < -0.4 is 15.1 Å². The first-order valence-corrected chi connectivity index (χ1v) is 6.98. The van der Waals surface area contributed by atoms with Gasteiger partial charge in [0.05, 0.1) is 12.5 Å². The molecule has 4 nitrogen and oxygen atoms in total.